The maximum Gasteiger partial charge on any atom is 0.224 e. The van der Waals surface area contributed by atoms with Gasteiger partial charge in [0.05, 0.1) is 18.3 Å². The van der Waals surface area contributed by atoms with Crippen molar-refractivity contribution in [1.29, 1.82) is 0 Å². The molecule has 1 rings (SSSR count). The zero-order valence-electron chi connectivity index (χ0n) is 8.59. The second-order valence-electron chi connectivity index (χ2n) is 3.53. The highest BCUT2D eigenvalue weighted by atomic mass is 35.5. The molecule has 0 aliphatic carbocycles. The van der Waals surface area contributed by atoms with E-state index in [-0.39, 0.29) is 11.9 Å². The Kier molecular flexibility index (Phi) is 4.13. The normalized spacial score (nSPS) is 14.7. The van der Waals surface area contributed by atoms with Gasteiger partial charge in [-0.2, -0.15) is 4.98 Å². The molecule has 0 fully saturated rings. The van der Waals surface area contributed by atoms with E-state index in [4.69, 9.17) is 23.2 Å². The standard InChI is InChI=1S/C9H13Cl2N3O/c1-3-9(2,5-15)14-7-6(10)4-12-8(11)13-7/h4,15H,3,5H2,1-2H3,(H,12,13,14). The Balaban J connectivity index is 2.92. The fourth-order valence-corrected chi connectivity index (χ4v) is 1.23. The summed E-state index contributed by atoms with van der Waals surface area (Å²) >= 11 is 11.5. The summed E-state index contributed by atoms with van der Waals surface area (Å²) in [6.45, 7) is 3.82. The first-order valence-corrected chi connectivity index (χ1v) is 5.33. The van der Waals surface area contributed by atoms with Gasteiger partial charge in [-0.05, 0) is 24.9 Å². The Labute approximate surface area is 98.6 Å². The fraction of sp³-hybridized carbons (Fsp3) is 0.556. The smallest absolute Gasteiger partial charge is 0.224 e. The van der Waals surface area contributed by atoms with Gasteiger partial charge in [0.2, 0.25) is 5.28 Å². The van der Waals surface area contributed by atoms with E-state index in [0.29, 0.717) is 10.8 Å². The number of hydrogen-bond acceptors (Lipinski definition) is 4. The molecule has 0 aliphatic rings. The van der Waals surface area contributed by atoms with E-state index in [1.54, 1.807) is 0 Å². The van der Waals surface area contributed by atoms with Gasteiger partial charge in [-0.25, -0.2) is 4.98 Å². The summed E-state index contributed by atoms with van der Waals surface area (Å²) in [5.41, 5.74) is -0.457. The summed E-state index contributed by atoms with van der Waals surface area (Å²) in [7, 11) is 0. The van der Waals surface area contributed by atoms with Crippen molar-refractivity contribution in [2.45, 2.75) is 25.8 Å². The van der Waals surface area contributed by atoms with Crippen LogP contribution in [-0.4, -0.2) is 27.2 Å². The number of halogens is 2. The van der Waals surface area contributed by atoms with Crippen LogP contribution in [0.15, 0.2) is 6.20 Å². The van der Waals surface area contributed by atoms with E-state index >= 15 is 0 Å². The largest absolute Gasteiger partial charge is 0.394 e. The molecule has 0 radical (unpaired) electrons. The lowest BCUT2D eigenvalue weighted by atomic mass is 10.0. The van der Waals surface area contributed by atoms with Gasteiger partial charge in [0, 0.05) is 0 Å². The summed E-state index contributed by atoms with van der Waals surface area (Å²) < 4.78 is 0. The summed E-state index contributed by atoms with van der Waals surface area (Å²) in [5, 5.41) is 12.8. The molecule has 0 saturated heterocycles. The molecule has 1 unspecified atom stereocenters. The average Bonchev–Trinajstić information content (AvgIpc) is 2.23. The first-order chi connectivity index (χ1) is 7.00. The maximum atomic E-state index is 9.22. The minimum atomic E-state index is -0.457. The van der Waals surface area contributed by atoms with E-state index in [1.807, 2.05) is 13.8 Å². The van der Waals surface area contributed by atoms with Crippen LogP contribution in [0.2, 0.25) is 10.3 Å². The Morgan fingerprint density at radius 3 is 2.73 bits per heavy atom. The third-order valence-electron chi connectivity index (χ3n) is 2.26. The lowest BCUT2D eigenvalue weighted by Gasteiger charge is -2.28. The number of aromatic nitrogens is 2. The molecule has 1 heterocycles. The van der Waals surface area contributed by atoms with Crippen LogP contribution in [0.5, 0.6) is 0 Å². The zero-order valence-corrected chi connectivity index (χ0v) is 10.1. The zero-order chi connectivity index (χ0) is 11.5. The van der Waals surface area contributed by atoms with Crippen LogP contribution in [0.3, 0.4) is 0 Å². The average molecular weight is 250 g/mol. The molecule has 1 aromatic heterocycles. The van der Waals surface area contributed by atoms with E-state index < -0.39 is 5.54 Å². The van der Waals surface area contributed by atoms with Crippen LogP contribution in [0.25, 0.3) is 0 Å². The van der Waals surface area contributed by atoms with Crippen LogP contribution in [0.4, 0.5) is 5.82 Å². The van der Waals surface area contributed by atoms with Crippen LogP contribution in [-0.2, 0) is 0 Å². The highest BCUT2D eigenvalue weighted by Crippen LogP contribution is 2.24. The summed E-state index contributed by atoms with van der Waals surface area (Å²) in [6.07, 6.45) is 2.16. The molecule has 0 saturated carbocycles. The maximum absolute atomic E-state index is 9.22. The second kappa shape index (κ2) is 4.96. The molecule has 84 valence electrons. The van der Waals surface area contributed by atoms with Crippen LogP contribution < -0.4 is 5.32 Å². The molecule has 0 aliphatic heterocycles. The Hall–Kier alpha value is -0.580. The molecule has 0 aromatic carbocycles. The SMILES string of the molecule is CCC(C)(CO)Nc1nc(Cl)ncc1Cl. The summed E-state index contributed by atoms with van der Waals surface area (Å²) in [6, 6.07) is 0. The molecule has 2 N–H and O–H groups in total. The Morgan fingerprint density at radius 1 is 1.53 bits per heavy atom. The minimum Gasteiger partial charge on any atom is -0.394 e. The van der Waals surface area contributed by atoms with Gasteiger partial charge in [0.15, 0.2) is 0 Å². The number of anilines is 1. The monoisotopic (exact) mass is 249 g/mol. The third kappa shape index (κ3) is 3.19. The predicted octanol–water partition coefficient (Wildman–Crippen LogP) is 2.36. The van der Waals surface area contributed by atoms with Gasteiger partial charge in [-0.3, -0.25) is 0 Å². The minimum absolute atomic E-state index is 0.0124. The highest BCUT2D eigenvalue weighted by Gasteiger charge is 2.22. The van der Waals surface area contributed by atoms with Crippen LogP contribution in [0.1, 0.15) is 20.3 Å². The number of aliphatic hydroxyl groups is 1. The van der Waals surface area contributed by atoms with Gasteiger partial charge in [0.1, 0.15) is 10.8 Å². The van der Waals surface area contributed by atoms with Crippen molar-refractivity contribution in [2.75, 3.05) is 11.9 Å². The van der Waals surface area contributed by atoms with Crippen molar-refractivity contribution in [3.05, 3.63) is 16.5 Å². The highest BCUT2D eigenvalue weighted by molar-refractivity contribution is 6.33. The third-order valence-corrected chi connectivity index (χ3v) is 2.72. The lowest BCUT2D eigenvalue weighted by Crippen LogP contribution is -2.38. The molecule has 0 bridgehead atoms. The molecule has 0 spiro atoms. The summed E-state index contributed by atoms with van der Waals surface area (Å²) in [5.74, 6) is 0.440. The molecule has 4 nitrogen and oxygen atoms in total. The number of rotatable bonds is 4. The first-order valence-electron chi connectivity index (χ1n) is 4.58. The van der Waals surface area contributed by atoms with Crippen molar-refractivity contribution < 1.29 is 5.11 Å². The molecule has 15 heavy (non-hydrogen) atoms. The van der Waals surface area contributed by atoms with Crippen molar-refractivity contribution in [3.8, 4) is 0 Å². The number of hydrogen-bond donors (Lipinski definition) is 2. The lowest BCUT2D eigenvalue weighted by molar-refractivity contribution is 0.218. The molecule has 6 heteroatoms. The number of nitrogens with zero attached hydrogens (tertiary/aromatic N) is 2. The number of aliphatic hydroxyl groups excluding tert-OH is 1. The summed E-state index contributed by atoms with van der Waals surface area (Å²) in [4.78, 5) is 7.69. The molecular weight excluding hydrogens is 237 g/mol. The molecular formula is C9H13Cl2N3O. The van der Waals surface area contributed by atoms with Crippen LogP contribution >= 0.6 is 23.2 Å². The van der Waals surface area contributed by atoms with Crippen molar-refractivity contribution >= 4 is 29.0 Å². The van der Waals surface area contributed by atoms with Gasteiger partial charge in [0.25, 0.3) is 0 Å². The van der Waals surface area contributed by atoms with E-state index in [0.717, 1.165) is 6.42 Å². The Morgan fingerprint density at radius 2 is 2.20 bits per heavy atom. The van der Waals surface area contributed by atoms with Crippen LogP contribution in [0, 0.1) is 0 Å². The van der Waals surface area contributed by atoms with E-state index in [2.05, 4.69) is 15.3 Å². The van der Waals surface area contributed by atoms with Gasteiger partial charge in [-0.1, -0.05) is 18.5 Å². The van der Waals surface area contributed by atoms with E-state index in [1.165, 1.54) is 6.20 Å². The van der Waals surface area contributed by atoms with Gasteiger partial charge in [-0.15, -0.1) is 0 Å². The first kappa shape index (κ1) is 12.5. The van der Waals surface area contributed by atoms with E-state index in [9.17, 15) is 5.11 Å². The van der Waals surface area contributed by atoms with Gasteiger partial charge < -0.3 is 10.4 Å². The molecule has 0 amide bonds. The Bertz CT molecular complexity index is 342. The quantitative estimate of drug-likeness (QED) is 0.805. The predicted molar refractivity (Wildman–Crippen MR) is 61.5 cm³/mol. The molecule has 1 aromatic rings. The molecule has 1 atom stereocenters. The van der Waals surface area contributed by atoms with Crippen molar-refractivity contribution in [2.24, 2.45) is 0 Å². The second-order valence-corrected chi connectivity index (χ2v) is 4.28. The van der Waals surface area contributed by atoms with Crippen molar-refractivity contribution in [3.63, 3.8) is 0 Å². The topological polar surface area (TPSA) is 58.0 Å². The van der Waals surface area contributed by atoms with Crippen molar-refractivity contribution in [1.82, 2.24) is 9.97 Å². The van der Waals surface area contributed by atoms with Gasteiger partial charge >= 0.3 is 0 Å². The fourth-order valence-electron chi connectivity index (χ4n) is 0.959. The number of nitrogens with one attached hydrogen (secondary N) is 1.